The Labute approximate surface area is 96.6 Å². The lowest BCUT2D eigenvalue weighted by Crippen LogP contribution is -2.31. The zero-order chi connectivity index (χ0) is 13.2. The van der Waals surface area contributed by atoms with E-state index in [-0.39, 0.29) is 17.9 Å². The number of hydrogen-bond acceptors (Lipinski definition) is 4. The number of primary amides is 1. The first kappa shape index (κ1) is 12.8. The zero-order valence-electron chi connectivity index (χ0n) is 9.11. The number of nitrogen functional groups attached to an aromatic ring is 1. The number of carboxylic acid groups (broad SMARTS) is 1. The number of carbonyl (C=O) groups excluding carboxylic acids is 1. The maximum Gasteiger partial charge on any atom is 0.338 e. The van der Waals surface area contributed by atoms with E-state index >= 15 is 0 Å². The molecule has 1 aromatic rings. The third kappa shape index (κ3) is 2.83. The minimum Gasteiger partial charge on any atom is -0.478 e. The van der Waals surface area contributed by atoms with Gasteiger partial charge >= 0.3 is 5.97 Å². The summed E-state index contributed by atoms with van der Waals surface area (Å²) < 4.78 is 13.4. The average molecular weight is 241 g/mol. The zero-order valence-corrected chi connectivity index (χ0v) is 9.11. The van der Waals surface area contributed by atoms with Crippen molar-refractivity contribution in [1.29, 1.82) is 0 Å². The molecule has 0 heterocycles. The van der Waals surface area contributed by atoms with E-state index in [0.717, 1.165) is 12.1 Å². The number of amides is 1. The first-order valence-corrected chi connectivity index (χ1v) is 4.64. The molecule has 0 aliphatic carbocycles. The first-order valence-electron chi connectivity index (χ1n) is 4.64. The van der Waals surface area contributed by atoms with Gasteiger partial charge in [-0.2, -0.15) is 0 Å². The van der Waals surface area contributed by atoms with Gasteiger partial charge in [-0.15, -0.1) is 0 Å². The molecular weight excluding hydrogens is 229 g/mol. The highest BCUT2D eigenvalue weighted by molar-refractivity contribution is 5.91. The number of hydrogen-bond donors (Lipinski definition) is 3. The number of nitrogens with two attached hydrogens (primary N) is 2. The summed E-state index contributed by atoms with van der Waals surface area (Å²) >= 11 is 0. The number of carboxylic acids is 1. The van der Waals surface area contributed by atoms with Crippen LogP contribution in [0, 0.1) is 5.82 Å². The van der Waals surface area contributed by atoms with Crippen LogP contribution in [0.15, 0.2) is 12.1 Å². The Hall–Kier alpha value is -2.31. The van der Waals surface area contributed by atoms with Crippen LogP contribution in [0.3, 0.4) is 0 Å². The van der Waals surface area contributed by atoms with Crippen LogP contribution in [0.2, 0.25) is 0 Å². The van der Waals surface area contributed by atoms with Crippen molar-refractivity contribution in [3.63, 3.8) is 0 Å². The predicted octanol–water partition coefficient (Wildman–Crippen LogP) is 0.0276. The summed E-state index contributed by atoms with van der Waals surface area (Å²) in [6, 6.07) is 1.96. The molecule has 0 saturated carbocycles. The van der Waals surface area contributed by atoms with E-state index in [1.165, 1.54) is 11.9 Å². The van der Waals surface area contributed by atoms with Gasteiger partial charge in [0.1, 0.15) is 5.82 Å². The van der Waals surface area contributed by atoms with Crippen LogP contribution >= 0.6 is 0 Å². The number of benzene rings is 1. The summed E-state index contributed by atoms with van der Waals surface area (Å²) in [4.78, 5) is 22.7. The Kier molecular flexibility index (Phi) is 3.52. The van der Waals surface area contributed by atoms with Gasteiger partial charge in [-0.25, -0.2) is 9.18 Å². The second-order valence-corrected chi connectivity index (χ2v) is 3.52. The van der Waals surface area contributed by atoms with Crippen molar-refractivity contribution in [3.05, 3.63) is 23.5 Å². The highest BCUT2D eigenvalue weighted by atomic mass is 19.1. The molecular formula is C10H12FN3O3. The van der Waals surface area contributed by atoms with Crippen molar-refractivity contribution in [1.82, 2.24) is 0 Å². The molecule has 0 unspecified atom stereocenters. The Morgan fingerprint density at radius 1 is 1.47 bits per heavy atom. The molecule has 0 radical (unpaired) electrons. The molecule has 0 aliphatic heterocycles. The minimum atomic E-state index is -1.40. The third-order valence-electron chi connectivity index (χ3n) is 2.15. The Bertz CT molecular complexity index is 476. The quantitative estimate of drug-likeness (QED) is 0.644. The Morgan fingerprint density at radius 3 is 2.53 bits per heavy atom. The van der Waals surface area contributed by atoms with Gasteiger partial charge in [-0.1, -0.05) is 0 Å². The summed E-state index contributed by atoms with van der Waals surface area (Å²) in [5.74, 6) is -2.93. The van der Waals surface area contributed by atoms with Gasteiger partial charge in [0.2, 0.25) is 5.91 Å². The normalized spacial score (nSPS) is 10.0. The van der Waals surface area contributed by atoms with Gasteiger partial charge in [0, 0.05) is 13.1 Å². The summed E-state index contributed by atoms with van der Waals surface area (Å²) in [5.41, 5.74) is 10.3. The fraction of sp³-hybridized carbons (Fsp3) is 0.200. The third-order valence-corrected chi connectivity index (χ3v) is 2.15. The standard InChI is InChI=1S/C10H12FN3O3/c1-14(4-9(13)15)8-3-6(11)5(10(16)17)2-7(8)12/h2-3H,4,12H2,1H3,(H2,13,15)(H,16,17). The van der Waals surface area contributed by atoms with Gasteiger partial charge in [-0.05, 0) is 6.07 Å². The van der Waals surface area contributed by atoms with Crippen LogP contribution in [-0.4, -0.2) is 30.6 Å². The molecule has 0 spiro atoms. The van der Waals surface area contributed by atoms with E-state index in [9.17, 15) is 14.0 Å². The van der Waals surface area contributed by atoms with Crippen LogP contribution in [0.25, 0.3) is 0 Å². The maximum atomic E-state index is 13.4. The number of aromatic carboxylic acids is 1. The topological polar surface area (TPSA) is 110 Å². The van der Waals surface area contributed by atoms with Gasteiger partial charge in [0.15, 0.2) is 0 Å². The van der Waals surface area contributed by atoms with Gasteiger partial charge in [0.05, 0.1) is 23.5 Å². The second kappa shape index (κ2) is 4.69. The Balaban J connectivity index is 3.15. The molecule has 0 aliphatic rings. The SMILES string of the molecule is CN(CC(N)=O)c1cc(F)c(C(=O)O)cc1N. The molecule has 0 atom stereocenters. The van der Waals surface area contributed by atoms with Crippen LogP contribution < -0.4 is 16.4 Å². The lowest BCUT2D eigenvalue weighted by atomic mass is 10.1. The molecule has 6 nitrogen and oxygen atoms in total. The number of carbonyl (C=O) groups is 2. The summed E-state index contributed by atoms with van der Waals surface area (Å²) in [6.07, 6.45) is 0. The highest BCUT2D eigenvalue weighted by Crippen LogP contribution is 2.25. The summed E-state index contributed by atoms with van der Waals surface area (Å²) in [5, 5.41) is 8.68. The van der Waals surface area contributed by atoms with Crippen LogP contribution in [0.4, 0.5) is 15.8 Å². The average Bonchev–Trinajstić information content (AvgIpc) is 2.19. The van der Waals surface area contributed by atoms with Crippen molar-refractivity contribution >= 4 is 23.3 Å². The molecule has 1 rings (SSSR count). The molecule has 5 N–H and O–H groups in total. The van der Waals surface area contributed by atoms with Gasteiger partial charge in [-0.3, -0.25) is 4.79 Å². The fourth-order valence-corrected chi connectivity index (χ4v) is 1.39. The van der Waals surface area contributed by atoms with Crippen LogP contribution in [0.5, 0.6) is 0 Å². The fourth-order valence-electron chi connectivity index (χ4n) is 1.39. The number of anilines is 2. The van der Waals surface area contributed by atoms with Crippen molar-refractivity contribution in [2.75, 3.05) is 24.2 Å². The van der Waals surface area contributed by atoms with E-state index in [1.807, 2.05) is 0 Å². The summed E-state index contributed by atoms with van der Waals surface area (Å²) in [7, 11) is 1.50. The van der Waals surface area contributed by atoms with Crippen LogP contribution in [-0.2, 0) is 4.79 Å². The monoisotopic (exact) mass is 241 g/mol. The number of nitrogens with zero attached hydrogens (tertiary/aromatic N) is 1. The molecule has 0 aromatic heterocycles. The Morgan fingerprint density at radius 2 is 2.06 bits per heavy atom. The first-order chi connectivity index (χ1) is 7.82. The van der Waals surface area contributed by atoms with Crippen molar-refractivity contribution in [2.45, 2.75) is 0 Å². The lowest BCUT2D eigenvalue weighted by Gasteiger charge is -2.19. The molecule has 17 heavy (non-hydrogen) atoms. The number of halogens is 1. The van der Waals surface area contributed by atoms with E-state index in [1.54, 1.807) is 0 Å². The predicted molar refractivity (Wildman–Crippen MR) is 60.2 cm³/mol. The highest BCUT2D eigenvalue weighted by Gasteiger charge is 2.16. The molecule has 0 bridgehead atoms. The molecule has 7 heteroatoms. The second-order valence-electron chi connectivity index (χ2n) is 3.52. The maximum absolute atomic E-state index is 13.4. The molecule has 1 amide bonds. The number of rotatable bonds is 4. The van der Waals surface area contributed by atoms with E-state index in [4.69, 9.17) is 16.6 Å². The lowest BCUT2D eigenvalue weighted by molar-refractivity contribution is -0.116. The van der Waals surface area contributed by atoms with Gasteiger partial charge in [0.25, 0.3) is 0 Å². The van der Waals surface area contributed by atoms with E-state index in [2.05, 4.69) is 0 Å². The molecule has 92 valence electrons. The van der Waals surface area contributed by atoms with Crippen LogP contribution in [0.1, 0.15) is 10.4 Å². The number of likely N-dealkylation sites (N-methyl/N-ethyl adjacent to an activating group) is 1. The minimum absolute atomic E-state index is 0.0625. The van der Waals surface area contributed by atoms with E-state index < -0.39 is 23.3 Å². The molecule has 1 aromatic carbocycles. The molecule has 0 fully saturated rings. The summed E-state index contributed by atoms with van der Waals surface area (Å²) in [6.45, 7) is -0.143. The van der Waals surface area contributed by atoms with Crippen molar-refractivity contribution < 1.29 is 19.1 Å². The van der Waals surface area contributed by atoms with Crippen molar-refractivity contribution in [2.24, 2.45) is 5.73 Å². The van der Waals surface area contributed by atoms with Gasteiger partial charge < -0.3 is 21.5 Å². The smallest absolute Gasteiger partial charge is 0.338 e. The molecule has 0 saturated heterocycles. The van der Waals surface area contributed by atoms with E-state index in [0.29, 0.717) is 0 Å². The largest absolute Gasteiger partial charge is 0.478 e. The van der Waals surface area contributed by atoms with Crippen molar-refractivity contribution in [3.8, 4) is 0 Å².